The van der Waals surface area contributed by atoms with Crippen molar-refractivity contribution in [3.63, 3.8) is 0 Å². The molecule has 0 amide bonds. The van der Waals surface area contributed by atoms with E-state index in [0.717, 1.165) is 30.6 Å². The molecular weight excluding hydrogens is 300 g/mol. The molecule has 1 aromatic rings. The number of nitrogens with zero attached hydrogens (tertiary/aromatic N) is 2. The van der Waals surface area contributed by atoms with E-state index in [1.54, 1.807) is 18.2 Å². The van der Waals surface area contributed by atoms with Gasteiger partial charge in [-0.3, -0.25) is 0 Å². The molecule has 0 aromatic heterocycles. The Balaban J connectivity index is 2.21. The standard InChI is InChI=1S/C16H24N2O3S/c1-4-5-6-14(19)12-18-10-9-13-7-8-15(11-16(13)18)22(20,21)17(2)3/h4,7-8,11,14,19H,1,5-6,9-10,12H2,2-3H3. The van der Waals surface area contributed by atoms with Crippen LogP contribution in [0.2, 0.25) is 0 Å². The molecule has 5 nitrogen and oxygen atoms in total. The second-order valence-corrected chi connectivity index (χ2v) is 7.95. The number of allylic oxidation sites excluding steroid dienone is 1. The maximum absolute atomic E-state index is 12.2. The third kappa shape index (κ3) is 3.51. The van der Waals surface area contributed by atoms with E-state index in [4.69, 9.17) is 0 Å². The van der Waals surface area contributed by atoms with Crippen LogP contribution >= 0.6 is 0 Å². The van der Waals surface area contributed by atoms with Gasteiger partial charge in [0, 0.05) is 32.9 Å². The molecule has 1 aliphatic rings. The topological polar surface area (TPSA) is 60.9 Å². The van der Waals surface area contributed by atoms with Gasteiger partial charge in [0.25, 0.3) is 0 Å². The highest BCUT2D eigenvalue weighted by Gasteiger charge is 2.25. The van der Waals surface area contributed by atoms with Crippen molar-refractivity contribution in [1.29, 1.82) is 0 Å². The van der Waals surface area contributed by atoms with Crippen LogP contribution in [0.4, 0.5) is 5.69 Å². The lowest BCUT2D eigenvalue weighted by Crippen LogP contribution is -2.31. The Morgan fingerprint density at radius 1 is 1.45 bits per heavy atom. The summed E-state index contributed by atoms with van der Waals surface area (Å²) in [6, 6.07) is 5.26. The normalized spacial score (nSPS) is 15.9. The van der Waals surface area contributed by atoms with Gasteiger partial charge in [-0.2, -0.15) is 0 Å². The van der Waals surface area contributed by atoms with E-state index in [9.17, 15) is 13.5 Å². The number of aliphatic hydroxyl groups is 1. The number of hydrogen-bond acceptors (Lipinski definition) is 4. The number of hydrogen-bond donors (Lipinski definition) is 1. The third-order valence-corrected chi connectivity index (χ3v) is 5.77. The molecule has 0 aliphatic carbocycles. The molecule has 0 fully saturated rings. The van der Waals surface area contributed by atoms with Crippen LogP contribution in [0.3, 0.4) is 0 Å². The molecule has 1 aromatic carbocycles. The molecule has 1 aliphatic heterocycles. The highest BCUT2D eigenvalue weighted by Crippen LogP contribution is 2.31. The number of sulfonamides is 1. The molecule has 22 heavy (non-hydrogen) atoms. The number of β-amino-alcohol motifs (C(OH)–C–C–N with tert-alkyl or cyclic N) is 1. The summed E-state index contributed by atoms with van der Waals surface area (Å²) in [6.07, 6.45) is 3.69. The lowest BCUT2D eigenvalue weighted by atomic mass is 10.1. The third-order valence-electron chi connectivity index (χ3n) is 3.96. The fourth-order valence-corrected chi connectivity index (χ4v) is 3.56. The smallest absolute Gasteiger partial charge is 0.242 e. The first-order chi connectivity index (χ1) is 10.4. The van der Waals surface area contributed by atoms with Gasteiger partial charge in [-0.25, -0.2) is 12.7 Å². The fourth-order valence-electron chi connectivity index (χ4n) is 2.64. The number of benzene rings is 1. The van der Waals surface area contributed by atoms with Crippen molar-refractivity contribution in [1.82, 2.24) is 4.31 Å². The summed E-state index contributed by atoms with van der Waals surface area (Å²) in [5.41, 5.74) is 2.05. The average Bonchev–Trinajstić information content (AvgIpc) is 2.87. The Morgan fingerprint density at radius 2 is 2.18 bits per heavy atom. The Morgan fingerprint density at radius 3 is 2.82 bits per heavy atom. The Kier molecular flexibility index (Phi) is 5.26. The van der Waals surface area contributed by atoms with E-state index in [0.29, 0.717) is 17.9 Å². The van der Waals surface area contributed by atoms with Crippen LogP contribution in [0.1, 0.15) is 18.4 Å². The van der Waals surface area contributed by atoms with Gasteiger partial charge >= 0.3 is 0 Å². The van der Waals surface area contributed by atoms with Crippen molar-refractivity contribution < 1.29 is 13.5 Å². The lowest BCUT2D eigenvalue weighted by Gasteiger charge is -2.23. The molecule has 0 spiro atoms. The van der Waals surface area contributed by atoms with Crippen molar-refractivity contribution in [2.24, 2.45) is 0 Å². The minimum atomic E-state index is -3.43. The van der Waals surface area contributed by atoms with Gasteiger partial charge in [0.1, 0.15) is 0 Å². The summed E-state index contributed by atoms with van der Waals surface area (Å²) in [5, 5.41) is 10.1. The molecule has 0 bridgehead atoms. The lowest BCUT2D eigenvalue weighted by molar-refractivity contribution is 0.171. The molecule has 6 heteroatoms. The van der Waals surface area contributed by atoms with Gasteiger partial charge < -0.3 is 10.0 Å². The highest BCUT2D eigenvalue weighted by atomic mass is 32.2. The van der Waals surface area contributed by atoms with Crippen LogP contribution in [0, 0.1) is 0 Å². The number of aliphatic hydroxyl groups excluding tert-OH is 1. The summed E-state index contributed by atoms with van der Waals surface area (Å²) in [5.74, 6) is 0. The number of anilines is 1. The second-order valence-electron chi connectivity index (χ2n) is 5.79. The van der Waals surface area contributed by atoms with Crippen molar-refractivity contribution in [2.45, 2.75) is 30.3 Å². The Bertz CT molecular complexity index is 641. The van der Waals surface area contributed by atoms with Crippen LogP contribution in [0.25, 0.3) is 0 Å². The summed E-state index contributed by atoms with van der Waals surface area (Å²) in [7, 11) is -0.379. The SMILES string of the molecule is C=CCCC(O)CN1CCc2ccc(S(=O)(=O)N(C)C)cc21. The largest absolute Gasteiger partial charge is 0.391 e. The van der Waals surface area contributed by atoms with E-state index in [1.807, 2.05) is 6.07 Å². The first-order valence-corrected chi connectivity index (χ1v) is 8.89. The van der Waals surface area contributed by atoms with Crippen LogP contribution in [-0.4, -0.2) is 51.1 Å². The van der Waals surface area contributed by atoms with E-state index >= 15 is 0 Å². The summed E-state index contributed by atoms with van der Waals surface area (Å²) < 4.78 is 25.7. The molecule has 122 valence electrons. The zero-order chi connectivity index (χ0) is 16.3. The van der Waals surface area contributed by atoms with Crippen LogP contribution in [0.5, 0.6) is 0 Å². The Hall–Kier alpha value is -1.37. The van der Waals surface area contributed by atoms with Gasteiger partial charge in [0.05, 0.1) is 11.0 Å². The van der Waals surface area contributed by atoms with E-state index in [1.165, 1.54) is 18.4 Å². The maximum Gasteiger partial charge on any atom is 0.242 e. The predicted molar refractivity (Wildman–Crippen MR) is 88.7 cm³/mol. The van der Waals surface area contributed by atoms with Crippen molar-refractivity contribution in [3.8, 4) is 0 Å². The van der Waals surface area contributed by atoms with E-state index < -0.39 is 16.1 Å². The van der Waals surface area contributed by atoms with Gasteiger partial charge in [-0.1, -0.05) is 12.1 Å². The van der Waals surface area contributed by atoms with Crippen molar-refractivity contribution in [3.05, 3.63) is 36.4 Å². The molecule has 1 unspecified atom stereocenters. The molecular formula is C16H24N2O3S. The highest BCUT2D eigenvalue weighted by molar-refractivity contribution is 7.89. The molecule has 0 saturated carbocycles. The van der Waals surface area contributed by atoms with Gasteiger partial charge in [0.15, 0.2) is 0 Å². The van der Waals surface area contributed by atoms with Crippen molar-refractivity contribution in [2.75, 3.05) is 32.1 Å². The first-order valence-electron chi connectivity index (χ1n) is 7.45. The summed E-state index contributed by atoms with van der Waals surface area (Å²) in [4.78, 5) is 2.36. The average molecular weight is 324 g/mol. The maximum atomic E-state index is 12.2. The predicted octanol–water partition coefficient (Wildman–Crippen LogP) is 1.63. The van der Waals surface area contributed by atoms with Crippen LogP contribution in [0.15, 0.2) is 35.7 Å². The van der Waals surface area contributed by atoms with E-state index in [2.05, 4.69) is 11.5 Å². The number of rotatable bonds is 7. The summed E-state index contributed by atoms with van der Waals surface area (Å²) >= 11 is 0. The zero-order valence-electron chi connectivity index (χ0n) is 13.2. The summed E-state index contributed by atoms with van der Waals surface area (Å²) in [6.45, 7) is 4.99. The fraction of sp³-hybridized carbons (Fsp3) is 0.500. The molecule has 2 rings (SSSR count). The monoisotopic (exact) mass is 324 g/mol. The van der Waals surface area contributed by atoms with Gasteiger partial charge in [0.2, 0.25) is 10.0 Å². The molecule has 1 atom stereocenters. The van der Waals surface area contributed by atoms with Crippen LogP contribution in [-0.2, 0) is 16.4 Å². The van der Waals surface area contributed by atoms with E-state index in [-0.39, 0.29) is 0 Å². The Labute approximate surface area is 132 Å². The molecule has 1 N–H and O–H groups in total. The van der Waals surface area contributed by atoms with Gasteiger partial charge in [-0.05, 0) is 37.0 Å². The van der Waals surface area contributed by atoms with Gasteiger partial charge in [-0.15, -0.1) is 6.58 Å². The van der Waals surface area contributed by atoms with Crippen LogP contribution < -0.4 is 4.90 Å². The minimum Gasteiger partial charge on any atom is -0.391 e. The molecule has 0 saturated heterocycles. The minimum absolute atomic E-state index is 0.295. The molecule has 1 heterocycles. The number of fused-ring (bicyclic) bond motifs is 1. The second kappa shape index (κ2) is 6.81. The molecule has 0 radical (unpaired) electrons. The van der Waals surface area contributed by atoms with Crippen molar-refractivity contribution >= 4 is 15.7 Å². The quantitative estimate of drug-likeness (QED) is 0.775. The zero-order valence-corrected chi connectivity index (χ0v) is 14.0. The first kappa shape index (κ1) is 17.0.